The molecule has 0 spiro atoms. The number of amides is 1. The van der Waals surface area contributed by atoms with Crippen LogP contribution in [0, 0.1) is 5.92 Å². The van der Waals surface area contributed by atoms with Gasteiger partial charge in [-0.2, -0.15) is 0 Å². The highest BCUT2D eigenvalue weighted by atomic mass is 79.9. The van der Waals surface area contributed by atoms with Crippen molar-refractivity contribution < 1.29 is 19.1 Å². The SMILES string of the molecule is CC(C)(C)OC(=O)N1C=CC(CBr)C1C(=O)Oc1ccccc1. The van der Waals surface area contributed by atoms with Gasteiger partial charge in [0.25, 0.3) is 0 Å². The number of hydrogen-bond acceptors (Lipinski definition) is 4. The fraction of sp³-hybridized carbons (Fsp3) is 0.412. The highest BCUT2D eigenvalue weighted by Gasteiger charge is 2.41. The van der Waals surface area contributed by atoms with Crippen molar-refractivity contribution >= 4 is 28.0 Å². The zero-order chi connectivity index (χ0) is 17.0. The van der Waals surface area contributed by atoms with E-state index in [9.17, 15) is 9.59 Å². The van der Waals surface area contributed by atoms with Crippen LogP contribution < -0.4 is 4.74 Å². The van der Waals surface area contributed by atoms with Crippen LogP contribution in [0.25, 0.3) is 0 Å². The lowest BCUT2D eigenvalue weighted by Crippen LogP contribution is -2.46. The minimum absolute atomic E-state index is 0.168. The Kier molecular flexibility index (Phi) is 5.46. The van der Waals surface area contributed by atoms with Gasteiger partial charge in [0.05, 0.1) is 0 Å². The molecule has 1 aromatic rings. The maximum absolute atomic E-state index is 12.5. The average Bonchev–Trinajstić information content (AvgIpc) is 2.90. The fourth-order valence-electron chi connectivity index (χ4n) is 2.19. The molecule has 0 N–H and O–H groups in total. The van der Waals surface area contributed by atoms with Crippen molar-refractivity contribution in [2.24, 2.45) is 5.92 Å². The maximum Gasteiger partial charge on any atom is 0.415 e. The number of esters is 1. The molecular weight excluding hydrogens is 362 g/mol. The lowest BCUT2D eigenvalue weighted by Gasteiger charge is -2.28. The first kappa shape index (κ1) is 17.5. The second-order valence-electron chi connectivity index (χ2n) is 6.23. The Labute approximate surface area is 144 Å². The summed E-state index contributed by atoms with van der Waals surface area (Å²) in [5.74, 6) is -0.211. The molecule has 6 heteroatoms. The van der Waals surface area contributed by atoms with Crippen molar-refractivity contribution in [2.75, 3.05) is 5.33 Å². The third kappa shape index (κ3) is 4.58. The van der Waals surface area contributed by atoms with Crippen molar-refractivity contribution in [1.29, 1.82) is 0 Å². The molecule has 2 rings (SSSR count). The van der Waals surface area contributed by atoms with Crippen molar-refractivity contribution in [3.63, 3.8) is 0 Å². The fourth-order valence-corrected chi connectivity index (χ4v) is 2.76. The van der Waals surface area contributed by atoms with Gasteiger partial charge in [0.15, 0.2) is 0 Å². The number of carbonyl (C=O) groups is 2. The first-order valence-electron chi connectivity index (χ1n) is 7.34. The normalized spacial score (nSPS) is 20.4. The molecule has 0 saturated carbocycles. The van der Waals surface area contributed by atoms with Gasteiger partial charge in [-0.1, -0.05) is 40.2 Å². The second-order valence-corrected chi connectivity index (χ2v) is 6.87. The van der Waals surface area contributed by atoms with E-state index in [2.05, 4.69) is 15.9 Å². The van der Waals surface area contributed by atoms with Crippen LogP contribution in [0.15, 0.2) is 42.6 Å². The van der Waals surface area contributed by atoms with Crippen LogP contribution >= 0.6 is 15.9 Å². The molecule has 23 heavy (non-hydrogen) atoms. The summed E-state index contributed by atoms with van der Waals surface area (Å²) in [7, 11) is 0. The summed E-state index contributed by atoms with van der Waals surface area (Å²) < 4.78 is 10.7. The Bertz CT molecular complexity index is 594. The van der Waals surface area contributed by atoms with Crippen LogP contribution in [-0.2, 0) is 9.53 Å². The Balaban J connectivity index is 2.14. The molecule has 0 radical (unpaired) electrons. The largest absolute Gasteiger partial charge is 0.443 e. The number of benzene rings is 1. The predicted octanol–water partition coefficient (Wildman–Crippen LogP) is 3.74. The van der Waals surface area contributed by atoms with Gasteiger partial charge >= 0.3 is 12.1 Å². The van der Waals surface area contributed by atoms with Crippen LogP contribution in [0.5, 0.6) is 5.75 Å². The first-order valence-corrected chi connectivity index (χ1v) is 8.46. The summed E-state index contributed by atoms with van der Waals surface area (Å²) in [6.45, 7) is 5.35. The number of para-hydroxylation sites is 1. The molecule has 124 valence electrons. The Morgan fingerprint density at radius 1 is 1.22 bits per heavy atom. The predicted molar refractivity (Wildman–Crippen MR) is 90.4 cm³/mol. The summed E-state index contributed by atoms with van der Waals surface area (Å²) in [4.78, 5) is 26.1. The zero-order valence-electron chi connectivity index (χ0n) is 13.4. The van der Waals surface area contributed by atoms with E-state index >= 15 is 0 Å². The van der Waals surface area contributed by atoms with Crippen LogP contribution in [0.1, 0.15) is 20.8 Å². The third-order valence-corrected chi connectivity index (χ3v) is 3.93. The molecule has 1 aromatic carbocycles. The topological polar surface area (TPSA) is 55.8 Å². The number of rotatable bonds is 3. The van der Waals surface area contributed by atoms with E-state index in [-0.39, 0.29) is 5.92 Å². The molecule has 0 aromatic heterocycles. The number of hydrogen-bond donors (Lipinski definition) is 0. The number of alkyl halides is 1. The van der Waals surface area contributed by atoms with Gasteiger partial charge in [-0.25, -0.2) is 9.59 Å². The molecule has 2 atom stereocenters. The van der Waals surface area contributed by atoms with Crippen LogP contribution in [-0.4, -0.2) is 33.9 Å². The van der Waals surface area contributed by atoms with Crippen molar-refractivity contribution in [3.8, 4) is 5.75 Å². The number of nitrogens with zero attached hydrogens (tertiary/aromatic N) is 1. The highest BCUT2D eigenvalue weighted by Crippen LogP contribution is 2.27. The second kappa shape index (κ2) is 7.17. The van der Waals surface area contributed by atoms with Gasteiger partial charge in [0.2, 0.25) is 0 Å². The smallest absolute Gasteiger partial charge is 0.415 e. The van der Waals surface area contributed by atoms with Gasteiger partial charge in [-0.15, -0.1) is 0 Å². The Morgan fingerprint density at radius 3 is 2.43 bits per heavy atom. The third-order valence-electron chi connectivity index (χ3n) is 3.18. The van der Waals surface area contributed by atoms with Crippen LogP contribution in [0.4, 0.5) is 4.79 Å². The van der Waals surface area contributed by atoms with E-state index in [0.29, 0.717) is 11.1 Å². The molecule has 0 bridgehead atoms. The molecule has 0 aliphatic carbocycles. The Hall–Kier alpha value is -1.82. The van der Waals surface area contributed by atoms with Gasteiger partial charge in [0, 0.05) is 17.4 Å². The van der Waals surface area contributed by atoms with Gasteiger partial charge in [-0.3, -0.25) is 4.90 Å². The number of carbonyl (C=O) groups excluding carboxylic acids is 2. The van der Waals surface area contributed by atoms with E-state index in [1.807, 2.05) is 6.07 Å². The molecule has 5 nitrogen and oxygen atoms in total. The van der Waals surface area contributed by atoms with Crippen molar-refractivity contribution in [3.05, 3.63) is 42.6 Å². The highest BCUT2D eigenvalue weighted by molar-refractivity contribution is 9.09. The summed E-state index contributed by atoms with van der Waals surface area (Å²) >= 11 is 3.37. The van der Waals surface area contributed by atoms with E-state index in [1.54, 1.807) is 57.3 Å². The maximum atomic E-state index is 12.5. The van der Waals surface area contributed by atoms with Crippen molar-refractivity contribution in [1.82, 2.24) is 4.90 Å². The van der Waals surface area contributed by atoms with E-state index in [4.69, 9.17) is 9.47 Å². The minimum atomic E-state index is -0.746. The van der Waals surface area contributed by atoms with Gasteiger partial charge < -0.3 is 9.47 Å². The molecule has 0 saturated heterocycles. The zero-order valence-corrected chi connectivity index (χ0v) is 14.9. The summed E-state index contributed by atoms with van der Waals surface area (Å²) in [5, 5.41) is 0.539. The van der Waals surface area contributed by atoms with Gasteiger partial charge in [-0.05, 0) is 32.9 Å². The lowest BCUT2D eigenvalue weighted by molar-refractivity contribution is -0.140. The number of halogens is 1. The van der Waals surface area contributed by atoms with E-state index < -0.39 is 23.7 Å². The average molecular weight is 382 g/mol. The monoisotopic (exact) mass is 381 g/mol. The summed E-state index contributed by atoms with van der Waals surface area (Å²) in [5.41, 5.74) is -0.634. The summed E-state index contributed by atoms with van der Waals surface area (Å²) in [6.07, 6.45) is 2.82. The molecule has 1 heterocycles. The molecule has 0 fully saturated rings. The minimum Gasteiger partial charge on any atom is -0.443 e. The molecule has 2 unspecified atom stereocenters. The van der Waals surface area contributed by atoms with E-state index in [1.165, 1.54) is 4.90 Å². The lowest BCUT2D eigenvalue weighted by atomic mass is 10.0. The van der Waals surface area contributed by atoms with Crippen molar-refractivity contribution in [2.45, 2.75) is 32.4 Å². The molecular formula is C17H20BrNO4. The molecule has 1 aliphatic heterocycles. The molecule has 1 amide bonds. The quantitative estimate of drug-likeness (QED) is 0.454. The Morgan fingerprint density at radius 2 is 1.87 bits per heavy atom. The van der Waals surface area contributed by atoms with Gasteiger partial charge in [0.1, 0.15) is 17.4 Å². The first-order chi connectivity index (χ1) is 10.8. The van der Waals surface area contributed by atoms with E-state index in [0.717, 1.165) is 0 Å². The molecule has 1 aliphatic rings. The standard InChI is InChI=1S/C17H20BrNO4/c1-17(2,3)23-16(21)19-10-9-12(11-18)14(19)15(20)22-13-7-5-4-6-8-13/h4-10,12,14H,11H2,1-3H3. The van der Waals surface area contributed by atoms with Crippen LogP contribution in [0.2, 0.25) is 0 Å². The summed E-state index contributed by atoms with van der Waals surface area (Å²) in [6, 6.07) is 8.04. The van der Waals surface area contributed by atoms with Crippen LogP contribution in [0.3, 0.4) is 0 Å². The number of ether oxygens (including phenoxy) is 2.